The lowest BCUT2D eigenvalue weighted by Crippen LogP contribution is -2.04. The fraction of sp³-hybridized carbons (Fsp3) is 0.231. The van der Waals surface area contributed by atoms with E-state index < -0.39 is 0 Å². The van der Waals surface area contributed by atoms with Gasteiger partial charge in [0.1, 0.15) is 10.5 Å². The van der Waals surface area contributed by atoms with E-state index in [0.717, 1.165) is 15.7 Å². The average Bonchev–Trinajstić information content (AvgIpc) is 2.40. The maximum atomic E-state index is 6.17. The number of aromatic nitrogens is 2. The van der Waals surface area contributed by atoms with Crippen LogP contribution in [0.5, 0.6) is 0 Å². The Balaban J connectivity index is 2.42. The van der Waals surface area contributed by atoms with Crippen molar-refractivity contribution in [3.8, 4) is 0 Å². The summed E-state index contributed by atoms with van der Waals surface area (Å²) in [6, 6.07) is 5.40. The molecule has 0 aliphatic heterocycles. The molecule has 0 fully saturated rings. The molecule has 0 radical (unpaired) electrons. The van der Waals surface area contributed by atoms with Crippen LogP contribution >= 0.6 is 51.3 Å². The molecule has 7 heteroatoms. The third kappa shape index (κ3) is 3.59. The minimum atomic E-state index is 0.413. The molecule has 20 heavy (non-hydrogen) atoms. The van der Waals surface area contributed by atoms with Crippen LogP contribution < -0.4 is 0 Å². The smallest absolute Gasteiger partial charge is 0.144 e. The number of benzene rings is 1. The average molecular weight is 394 g/mol. The van der Waals surface area contributed by atoms with Gasteiger partial charge in [0.2, 0.25) is 0 Å². The van der Waals surface area contributed by atoms with Crippen LogP contribution in [0, 0.1) is 4.64 Å². The predicted molar refractivity (Wildman–Crippen MR) is 87.1 cm³/mol. The second-order valence-electron chi connectivity index (χ2n) is 4.09. The van der Waals surface area contributed by atoms with E-state index in [1.165, 1.54) is 0 Å². The van der Waals surface area contributed by atoms with Gasteiger partial charge in [-0.15, -0.1) is 0 Å². The van der Waals surface area contributed by atoms with Crippen molar-refractivity contribution in [1.29, 1.82) is 0 Å². The summed E-state index contributed by atoms with van der Waals surface area (Å²) in [5.41, 5.74) is 1.66. The molecule has 3 nitrogen and oxygen atoms in total. The molecule has 0 unspecified atom stereocenters. The normalized spacial score (nSPS) is 10.8. The molecule has 1 N–H and O–H groups in total. The summed E-state index contributed by atoms with van der Waals surface area (Å²) in [5.74, 6) is 0.695. The van der Waals surface area contributed by atoms with Crippen molar-refractivity contribution in [3.05, 3.63) is 54.4 Å². The van der Waals surface area contributed by atoms with Crippen molar-refractivity contribution < 1.29 is 4.74 Å². The summed E-state index contributed by atoms with van der Waals surface area (Å²) in [7, 11) is 1.62. The van der Waals surface area contributed by atoms with Crippen molar-refractivity contribution in [2.24, 2.45) is 0 Å². The van der Waals surface area contributed by atoms with Crippen LogP contribution in [-0.4, -0.2) is 17.1 Å². The number of methoxy groups -OCH3 is 1. The highest BCUT2D eigenvalue weighted by Crippen LogP contribution is 2.26. The van der Waals surface area contributed by atoms with E-state index in [1.54, 1.807) is 19.2 Å². The monoisotopic (exact) mass is 392 g/mol. The lowest BCUT2D eigenvalue weighted by atomic mass is 10.1. The number of nitrogens with one attached hydrogen (secondary N) is 1. The molecule has 2 rings (SSSR count). The van der Waals surface area contributed by atoms with E-state index >= 15 is 0 Å². The fourth-order valence-corrected chi connectivity index (χ4v) is 2.82. The SMILES string of the molecule is COCc1[nH]c(Cc2c(Cl)cccc2Cl)nc(=S)c1Br. The first-order valence-electron chi connectivity index (χ1n) is 5.72. The molecule has 1 aromatic heterocycles. The molecule has 0 spiro atoms. The van der Waals surface area contributed by atoms with Crippen molar-refractivity contribution in [3.63, 3.8) is 0 Å². The summed E-state index contributed by atoms with van der Waals surface area (Å²) in [6.07, 6.45) is 0.478. The van der Waals surface area contributed by atoms with Crippen LogP contribution in [0.1, 0.15) is 17.1 Å². The fourth-order valence-electron chi connectivity index (χ4n) is 1.75. The first-order valence-corrected chi connectivity index (χ1v) is 7.68. The van der Waals surface area contributed by atoms with Crippen LogP contribution in [0.4, 0.5) is 0 Å². The van der Waals surface area contributed by atoms with E-state index in [4.69, 9.17) is 40.2 Å². The quantitative estimate of drug-likeness (QED) is 0.747. The van der Waals surface area contributed by atoms with Gasteiger partial charge in [-0.1, -0.05) is 41.5 Å². The van der Waals surface area contributed by atoms with Gasteiger partial charge in [0.25, 0.3) is 0 Å². The number of hydrogen-bond donors (Lipinski definition) is 1. The van der Waals surface area contributed by atoms with Gasteiger partial charge in [-0.3, -0.25) is 0 Å². The minimum absolute atomic E-state index is 0.413. The van der Waals surface area contributed by atoms with Gasteiger partial charge in [0, 0.05) is 23.6 Å². The van der Waals surface area contributed by atoms with Gasteiger partial charge in [-0.25, -0.2) is 4.98 Å². The van der Waals surface area contributed by atoms with Gasteiger partial charge in [-0.2, -0.15) is 0 Å². The second kappa shape index (κ2) is 7.00. The molecule has 0 saturated carbocycles. The second-order valence-corrected chi connectivity index (χ2v) is 6.09. The van der Waals surface area contributed by atoms with Crippen LogP contribution in [-0.2, 0) is 17.8 Å². The summed E-state index contributed by atoms with van der Waals surface area (Å²) in [4.78, 5) is 7.52. The maximum Gasteiger partial charge on any atom is 0.144 e. The summed E-state index contributed by atoms with van der Waals surface area (Å²) in [5, 5.41) is 1.21. The summed E-state index contributed by atoms with van der Waals surface area (Å²) < 4.78 is 6.35. The van der Waals surface area contributed by atoms with E-state index in [9.17, 15) is 0 Å². The number of nitrogens with zero attached hydrogens (tertiary/aromatic N) is 1. The van der Waals surface area contributed by atoms with Gasteiger partial charge in [-0.05, 0) is 33.6 Å². The standard InChI is InChI=1S/C13H11BrCl2N2OS/c1-19-6-10-12(14)13(20)18-11(17-10)5-7-8(15)3-2-4-9(7)16/h2-4H,5-6H2,1H3,(H,17,18,20). The molecule has 0 saturated heterocycles. The Labute approximate surface area is 140 Å². The van der Waals surface area contributed by atoms with Gasteiger partial charge >= 0.3 is 0 Å². The van der Waals surface area contributed by atoms with Crippen molar-refractivity contribution in [1.82, 2.24) is 9.97 Å². The molecular weight excluding hydrogens is 383 g/mol. The largest absolute Gasteiger partial charge is 0.378 e. The maximum absolute atomic E-state index is 6.17. The summed E-state index contributed by atoms with van der Waals surface area (Å²) in [6.45, 7) is 0.413. The number of hydrogen-bond acceptors (Lipinski definition) is 3. The molecule has 2 aromatic rings. The van der Waals surface area contributed by atoms with Gasteiger partial charge in [0.05, 0.1) is 16.8 Å². The van der Waals surface area contributed by atoms with Gasteiger partial charge < -0.3 is 9.72 Å². The van der Waals surface area contributed by atoms with E-state index in [1.807, 2.05) is 6.07 Å². The molecule has 1 heterocycles. The van der Waals surface area contributed by atoms with Crippen molar-refractivity contribution in [2.75, 3.05) is 7.11 Å². The van der Waals surface area contributed by atoms with Crippen molar-refractivity contribution >= 4 is 51.3 Å². The van der Waals surface area contributed by atoms with Crippen LogP contribution in [0.25, 0.3) is 0 Å². The Kier molecular flexibility index (Phi) is 5.57. The lowest BCUT2D eigenvalue weighted by Gasteiger charge is -2.10. The highest BCUT2D eigenvalue weighted by molar-refractivity contribution is 9.10. The number of halogens is 3. The Morgan fingerprint density at radius 3 is 2.60 bits per heavy atom. The third-order valence-electron chi connectivity index (χ3n) is 2.68. The topological polar surface area (TPSA) is 37.9 Å². The predicted octanol–water partition coefficient (Wildman–Crippen LogP) is 4.95. The first kappa shape index (κ1) is 15.9. The molecule has 1 aromatic carbocycles. The zero-order valence-electron chi connectivity index (χ0n) is 10.5. The van der Waals surface area contributed by atoms with E-state index in [-0.39, 0.29) is 0 Å². The number of rotatable bonds is 4. The third-order valence-corrected chi connectivity index (χ3v) is 4.80. The van der Waals surface area contributed by atoms with Crippen LogP contribution in [0.15, 0.2) is 22.7 Å². The van der Waals surface area contributed by atoms with Gasteiger partial charge in [0.15, 0.2) is 0 Å². The lowest BCUT2D eigenvalue weighted by molar-refractivity contribution is 0.180. The molecular formula is C13H11BrCl2N2OS. The molecule has 0 amide bonds. The highest BCUT2D eigenvalue weighted by Gasteiger charge is 2.11. The van der Waals surface area contributed by atoms with Crippen LogP contribution in [0.2, 0.25) is 10.0 Å². The molecule has 0 aliphatic carbocycles. The molecule has 0 atom stereocenters. The minimum Gasteiger partial charge on any atom is -0.378 e. The van der Waals surface area contributed by atoms with Crippen LogP contribution in [0.3, 0.4) is 0 Å². The first-order chi connectivity index (χ1) is 9.52. The highest BCUT2D eigenvalue weighted by atomic mass is 79.9. The molecule has 0 aliphatic rings. The number of aromatic amines is 1. The Bertz CT molecular complexity index is 670. The van der Waals surface area contributed by atoms with E-state index in [2.05, 4.69) is 25.9 Å². The number of H-pyrrole nitrogens is 1. The van der Waals surface area contributed by atoms with Crippen molar-refractivity contribution in [2.45, 2.75) is 13.0 Å². The summed E-state index contributed by atoms with van der Waals surface area (Å²) >= 11 is 21.0. The zero-order chi connectivity index (χ0) is 14.7. The number of ether oxygens (including phenoxy) is 1. The van der Waals surface area contributed by atoms with E-state index in [0.29, 0.717) is 33.5 Å². The Morgan fingerprint density at radius 2 is 2.00 bits per heavy atom. The zero-order valence-corrected chi connectivity index (χ0v) is 14.5. The molecule has 106 valence electrons. The molecule has 0 bridgehead atoms. The Morgan fingerprint density at radius 1 is 1.35 bits per heavy atom. The Hall–Kier alpha value is -0.460.